The number of fused-ring (bicyclic) bond motifs is 3. The third kappa shape index (κ3) is 2.68. The number of rotatable bonds is 3. The van der Waals surface area contributed by atoms with Crippen molar-refractivity contribution in [3.8, 4) is 0 Å². The van der Waals surface area contributed by atoms with Crippen molar-refractivity contribution in [2.75, 3.05) is 5.43 Å². The highest BCUT2D eigenvalue weighted by Gasteiger charge is 2.09. The number of hydrogen-bond acceptors (Lipinski definition) is 4. The number of aromatic amines is 1. The molecule has 118 valence electrons. The largest absolute Gasteiger partial charge is 0.350 e. The summed E-state index contributed by atoms with van der Waals surface area (Å²) in [5.41, 5.74) is 6.35. The summed E-state index contributed by atoms with van der Waals surface area (Å²) in [6.07, 6.45) is 3.13. The Balaban J connectivity index is 1.68. The van der Waals surface area contributed by atoms with E-state index in [1.54, 1.807) is 24.4 Å². The number of hydrogen-bond donors (Lipinski definition) is 2. The molecule has 0 saturated heterocycles. The number of nitrogens with zero attached hydrogens (tertiary/aromatic N) is 3. The minimum Gasteiger partial charge on any atom is -0.350 e. The van der Waals surface area contributed by atoms with Crippen LogP contribution in [0.1, 0.15) is 5.56 Å². The summed E-state index contributed by atoms with van der Waals surface area (Å²) in [5.74, 6) is 0.595. The molecular weight excluding hydrogens is 345 g/mol. The van der Waals surface area contributed by atoms with E-state index in [1.807, 2.05) is 24.3 Å². The number of benzene rings is 2. The SMILES string of the molecule is Clc1ccc(/C=N\Nc2ncnc3c2[nH]c2ccccc23)c(Cl)c1. The van der Waals surface area contributed by atoms with Crippen molar-refractivity contribution in [1.82, 2.24) is 15.0 Å². The Bertz CT molecular complexity index is 1070. The lowest BCUT2D eigenvalue weighted by atomic mass is 10.2. The van der Waals surface area contributed by atoms with Crippen molar-refractivity contribution < 1.29 is 0 Å². The van der Waals surface area contributed by atoms with Gasteiger partial charge in [-0.3, -0.25) is 5.43 Å². The van der Waals surface area contributed by atoms with Gasteiger partial charge in [-0.1, -0.05) is 47.5 Å². The first-order valence-corrected chi connectivity index (χ1v) is 7.93. The van der Waals surface area contributed by atoms with Crippen LogP contribution >= 0.6 is 23.2 Å². The summed E-state index contributed by atoms with van der Waals surface area (Å²) < 4.78 is 0. The molecule has 4 aromatic rings. The number of anilines is 1. The van der Waals surface area contributed by atoms with Crippen molar-refractivity contribution in [3.63, 3.8) is 0 Å². The van der Waals surface area contributed by atoms with E-state index in [2.05, 4.69) is 25.5 Å². The van der Waals surface area contributed by atoms with Crippen LogP contribution < -0.4 is 5.43 Å². The summed E-state index contributed by atoms with van der Waals surface area (Å²) in [4.78, 5) is 11.9. The fourth-order valence-electron chi connectivity index (χ4n) is 2.50. The monoisotopic (exact) mass is 355 g/mol. The standard InChI is InChI=1S/C17H11Cl2N5/c18-11-6-5-10(13(19)7-11)8-22-24-17-16-15(20-9-21-17)12-3-1-2-4-14(12)23-16/h1-9,23H,(H,20,21,24)/b22-8-. The minimum atomic E-state index is 0.534. The molecule has 0 unspecified atom stereocenters. The molecule has 0 atom stereocenters. The highest BCUT2D eigenvalue weighted by atomic mass is 35.5. The molecule has 0 fully saturated rings. The Kier molecular flexibility index (Phi) is 3.80. The first-order valence-electron chi connectivity index (χ1n) is 7.18. The summed E-state index contributed by atoms with van der Waals surface area (Å²) in [5, 5.41) is 6.37. The molecule has 0 amide bonds. The molecule has 2 aromatic carbocycles. The predicted octanol–water partition coefficient (Wildman–Crippen LogP) is 4.86. The van der Waals surface area contributed by atoms with Gasteiger partial charge < -0.3 is 4.98 Å². The van der Waals surface area contributed by atoms with Crippen LogP contribution in [0.3, 0.4) is 0 Å². The van der Waals surface area contributed by atoms with Crippen LogP contribution in [0.2, 0.25) is 10.0 Å². The number of nitrogens with one attached hydrogen (secondary N) is 2. The van der Waals surface area contributed by atoms with Gasteiger partial charge in [0.2, 0.25) is 0 Å². The van der Waals surface area contributed by atoms with Crippen LogP contribution in [0.15, 0.2) is 53.9 Å². The molecule has 2 heterocycles. The molecule has 0 aliphatic rings. The Hall–Kier alpha value is -2.63. The van der Waals surface area contributed by atoms with Crippen LogP contribution in [0, 0.1) is 0 Å². The van der Waals surface area contributed by atoms with E-state index >= 15 is 0 Å². The van der Waals surface area contributed by atoms with E-state index in [0.717, 1.165) is 27.5 Å². The Morgan fingerprint density at radius 2 is 1.96 bits per heavy atom. The number of hydrazone groups is 1. The van der Waals surface area contributed by atoms with Gasteiger partial charge in [0.1, 0.15) is 17.4 Å². The van der Waals surface area contributed by atoms with Gasteiger partial charge >= 0.3 is 0 Å². The molecule has 0 aliphatic carbocycles. The van der Waals surface area contributed by atoms with Crippen LogP contribution in [0.25, 0.3) is 21.9 Å². The molecule has 5 nitrogen and oxygen atoms in total. The fourth-order valence-corrected chi connectivity index (χ4v) is 2.95. The summed E-state index contributed by atoms with van der Waals surface area (Å²) >= 11 is 12.0. The van der Waals surface area contributed by atoms with Crippen LogP contribution in [0.5, 0.6) is 0 Å². The first-order chi connectivity index (χ1) is 11.7. The van der Waals surface area contributed by atoms with Crippen molar-refractivity contribution in [1.29, 1.82) is 0 Å². The van der Waals surface area contributed by atoms with E-state index in [9.17, 15) is 0 Å². The molecule has 0 bridgehead atoms. The maximum Gasteiger partial charge on any atom is 0.174 e. The van der Waals surface area contributed by atoms with Crippen molar-refractivity contribution in [2.24, 2.45) is 5.10 Å². The lowest BCUT2D eigenvalue weighted by Crippen LogP contribution is -1.95. The zero-order valence-electron chi connectivity index (χ0n) is 12.3. The Morgan fingerprint density at radius 3 is 2.83 bits per heavy atom. The van der Waals surface area contributed by atoms with E-state index in [-0.39, 0.29) is 0 Å². The molecule has 0 aliphatic heterocycles. The summed E-state index contributed by atoms with van der Waals surface area (Å²) in [7, 11) is 0. The number of aromatic nitrogens is 3. The van der Waals surface area contributed by atoms with E-state index < -0.39 is 0 Å². The molecule has 2 N–H and O–H groups in total. The van der Waals surface area contributed by atoms with Crippen LogP contribution in [0.4, 0.5) is 5.82 Å². The highest BCUT2D eigenvalue weighted by molar-refractivity contribution is 6.36. The van der Waals surface area contributed by atoms with E-state index in [1.165, 1.54) is 6.33 Å². The van der Waals surface area contributed by atoms with Crippen LogP contribution in [-0.2, 0) is 0 Å². The van der Waals surface area contributed by atoms with Crippen molar-refractivity contribution >= 4 is 57.2 Å². The van der Waals surface area contributed by atoms with Gasteiger partial charge in [-0.15, -0.1) is 0 Å². The average Bonchev–Trinajstić information content (AvgIpc) is 2.96. The Labute approximate surface area is 147 Å². The fraction of sp³-hybridized carbons (Fsp3) is 0. The third-order valence-corrected chi connectivity index (χ3v) is 4.19. The van der Waals surface area contributed by atoms with Crippen molar-refractivity contribution in [2.45, 2.75) is 0 Å². The molecule has 4 rings (SSSR count). The second kappa shape index (κ2) is 6.11. The summed E-state index contributed by atoms with van der Waals surface area (Å²) in [6, 6.07) is 13.2. The molecule has 2 aromatic heterocycles. The van der Waals surface area contributed by atoms with Gasteiger partial charge in [0.15, 0.2) is 5.82 Å². The zero-order chi connectivity index (χ0) is 16.5. The summed E-state index contributed by atoms with van der Waals surface area (Å²) in [6.45, 7) is 0. The molecule has 7 heteroatoms. The maximum absolute atomic E-state index is 6.12. The smallest absolute Gasteiger partial charge is 0.174 e. The van der Waals surface area contributed by atoms with Crippen molar-refractivity contribution in [3.05, 3.63) is 64.4 Å². The van der Waals surface area contributed by atoms with Gasteiger partial charge in [-0.05, 0) is 18.2 Å². The Morgan fingerprint density at radius 1 is 1.08 bits per heavy atom. The van der Waals surface area contributed by atoms with Gasteiger partial charge in [0.05, 0.1) is 11.2 Å². The quantitative estimate of drug-likeness (QED) is 0.407. The average molecular weight is 356 g/mol. The maximum atomic E-state index is 6.12. The number of halogens is 2. The topological polar surface area (TPSA) is 66.0 Å². The number of para-hydroxylation sites is 1. The van der Waals surface area contributed by atoms with Gasteiger partial charge in [-0.25, -0.2) is 9.97 Å². The zero-order valence-corrected chi connectivity index (χ0v) is 13.8. The van der Waals surface area contributed by atoms with E-state index in [4.69, 9.17) is 23.2 Å². The molecule has 24 heavy (non-hydrogen) atoms. The predicted molar refractivity (Wildman–Crippen MR) is 99.1 cm³/mol. The third-order valence-electron chi connectivity index (χ3n) is 3.63. The lowest BCUT2D eigenvalue weighted by Gasteiger charge is -2.01. The molecule has 0 radical (unpaired) electrons. The minimum absolute atomic E-state index is 0.534. The van der Waals surface area contributed by atoms with Crippen LogP contribution in [-0.4, -0.2) is 21.2 Å². The normalized spacial score (nSPS) is 11.6. The molecule has 0 saturated carbocycles. The molecule has 0 spiro atoms. The second-order valence-electron chi connectivity index (χ2n) is 5.15. The number of H-pyrrole nitrogens is 1. The highest BCUT2D eigenvalue weighted by Crippen LogP contribution is 2.27. The van der Waals surface area contributed by atoms with E-state index in [0.29, 0.717) is 15.9 Å². The molecular formula is C17H11Cl2N5. The lowest BCUT2D eigenvalue weighted by molar-refractivity contribution is 1.18. The van der Waals surface area contributed by atoms with Gasteiger partial charge in [0, 0.05) is 21.5 Å². The second-order valence-corrected chi connectivity index (χ2v) is 6.00. The van der Waals surface area contributed by atoms with Gasteiger partial charge in [0.25, 0.3) is 0 Å². The van der Waals surface area contributed by atoms with Gasteiger partial charge in [-0.2, -0.15) is 5.10 Å². The first kappa shape index (κ1) is 14.9.